The van der Waals surface area contributed by atoms with Gasteiger partial charge in [-0.3, -0.25) is 4.99 Å². The number of nitrogens with zero attached hydrogens (tertiary/aromatic N) is 3. The van der Waals surface area contributed by atoms with Gasteiger partial charge in [-0.1, -0.05) is 50.2 Å². The molecule has 0 saturated carbocycles. The number of para-hydroxylation sites is 2. The van der Waals surface area contributed by atoms with Gasteiger partial charge < -0.3 is 14.5 Å². The third-order valence-corrected chi connectivity index (χ3v) is 6.12. The highest BCUT2D eigenvalue weighted by Crippen LogP contribution is 2.25. The third-order valence-electron chi connectivity index (χ3n) is 6.12. The van der Waals surface area contributed by atoms with E-state index in [9.17, 15) is 0 Å². The van der Waals surface area contributed by atoms with Crippen LogP contribution in [0.1, 0.15) is 33.6 Å². The number of pyridine rings is 1. The maximum Gasteiger partial charge on any atom is 0.120 e. The van der Waals surface area contributed by atoms with Crippen molar-refractivity contribution in [3.05, 3.63) is 53.9 Å². The molecule has 4 rings (SSSR count). The molecule has 4 heteroatoms. The Morgan fingerprint density at radius 2 is 1.69 bits per heavy atom. The lowest BCUT2D eigenvalue weighted by Crippen LogP contribution is -2.24. The van der Waals surface area contributed by atoms with Crippen LogP contribution in [0.4, 0.5) is 0 Å². The molecule has 2 aromatic carbocycles. The van der Waals surface area contributed by atoms with Gasteiger partial charge in [-0.2, -0.15) is 0 Å². The smallest absolute Gasteiger partial charge is 0.120 e. The van der Waals surface area contributed by atoms with Crippen LogP contribution in [-0.2, 0) is 7.05 Å². The number of fused-ring (bicyclic) bond motifs is 4. The summed E-state index contributed by atoms with van der Waals surface area (Å²) in [5.74, 6) is 0. The van der Waals surface area contributed by atoms with Gasteiger partial charge in [0.25, 0.3) is 0 Å². The Hall–Kier alpha value is -2.59. The molecule has 0 spiro atoms. The third kappa shape index (κ3) is 3.69. The fraction of sp³-hybridized carbons (Fsp3) is 0.400. The first kappa shape index (κ1) is 19.7. The molecule has 152 valence electrons. The van der Waals surface area contributed by atoms with Gasteiger partial charge in [0.2, 0.25) is 0 Å². The van der Waals surface area contributed by atoms with Gasteiger partial charge in [-0.25, -0.2) is 0 Å². The van der Waals surface area contributed by atoms with Crippen molar-refractivity contribution in [2.75, 3.05) is 19.6 Å². The van der Waals surface area contributed by atoms with Gasteiger partial charge in [0.15, 0.2) is 0 Å². The van der Waals surface area contributed by atoms with Crippen LogP contribution < -0.4 is 5.36 Å². The number of hydrogen-bond acceptors (Lipinski definition) is 2. The fourth-order valence-electron chi connectivity index (χ4n) is 4.41. The normalized spacial score (nSPS) is 13.9. The summed E-state index contributed by atoms with van der Waals surface area (Å²) in [5, 5.41) is 4.83. The second-order valence-electron chi connectivity index (χ2n) is 7.97. The molecular weight excluding hydrogens is 356 g/mol. The maximum atomic E-state index is 5.28. The second kappa shape index (κ2) is 8.42. The van der Waals surface area contributed by atoms with Crippen LogP contribution in [-0.4, -0.2) is 40.1 Å². The van der Waals surface area contributed by atoms with Crippen molar-refractivity contribution in [3.8, 4) is 0 Å². The summed E-state index contributed by atoms with van der Waals surface area (Å²) in [6.07, 6.45) is 2.29. The molecular formula is C25H32N4. The largest absolute Gasteiger partial charge is 0.341 e. The van der Waals surface area contributed by atoms with Gasteiger partial charge in [-0.15, -0.1) is 0 Å². The summed E-state index contributed by atoms with van der Waals surface area (Å²) >= 11 is 0. The zero-order valence-electron chi connectivity index (χ0n) is 18.1. The van der Waals surface area contributed by atoms with E-state index in [1.165, 1.54) is 33.6 Å². The molecule has 2 aromatic heterocycles. The van der Waals surface area contributed by atoms with Gasteiger partial charge >= 0.3 is 0 Å². The topological polar surface area (TPSA) is 36.3 Å². The highest BCUT2D eigenvalue weighted by molar-refractivity contribution is 6.09. The van der Waals surface area contributed by atoms with E-state index in [0.29, 0.717) is 6.04 Å². The van der Waals surface area contributed by atoms with Crippen molar-refractivity contribution in [1.29, 1.82) is 0 Å². The van der Waals surface area contributed by atoms with Crippen molar-refractivity contribution in [1.82, 2.24) is 14.5 Å². The summed E-state index contributed by atoms with van der Waals surface area (Å²) in [5.41, 5.74) is 3.51. The fourth-order valence-corrected chi connectivity index (χ4v) is 4.41. The summed E-state index contributed by atoms with van der Waals surface area (Å²) in [7, 11) is 2.14. The van der Waals surface area contributed by atoms with Gasteiger partial charge in [0.1, 0.15) is 5.65 Å². The number of aryl methyl sites for hydroxylation is 1. The molecule has 0 bridgehead atoms. The van der Waals surface area contributed by atoms with E-state index >= 15 is 0 Å². The molecule has 0 aliphatic rings. The van der Waals surface area contributed by atoms with E-state index in [4.69, 9.17) is 4.99 Å². The Labute approximate surface area is 172 Å². The number of nitrogens with one attached hydrogen (secondary N) is 1. The monoisotopic (exact) mass is 388 g/mol. The Morgan fingerprint density at radius 3 is 2.45 bits per heavy atom. The first-order valence-corrected chi connectivity index (χ1v) is 10.9. The molecule has 0 radical (unpaired) electrons. The first-order valence-electron chi connectivity index (χ1n) is 10.9. The molecule has 0 saturated heterocycles. The Balaban J connectivity index is 1.85. The lowest BCUT2D eigenvalue weighted by atomic mass is 10.1. The number of aromatic amines is 1. The van der Waals surface area contributed by atoms with E-state index in [-0.39, 0.29) is 0 Å². The van der Waals surface area contributed by atoms with Crippen LogP contribution in [0, 0.1) is 0 Å². The number of benzene rings is 2. The van der Waals surface area contributed by atoms with Crippen LogP contribution >= 0.6 is 0 Å². The van der Waals surface area contributed by atoms with Gasteiger partial charge in [0.05, 0.1) is 16.3 Å². The molecule has 1 unspecified atom stereocenters. The van der Waals surface area contributed by atoms with E-state index in [2.05, 4.69) is 90.8 Å². The predicted molar refractivity (Wildman–Crippen MR) is 124 cm³/mol. The average molecular weight is 389 g/mol. The molecule has 0 aliphatic carbocycles. The standard InChI is InChI=1S/C25H32N4/c1-5-29(6-2)17-11-12-18(3)26-24-20-14-8-10-16-22(20)28(4)25-23(24)19-13-7-9-15-21(19)27-25/h7-10,13-16,18,27H,5-6,11-12,17H2,1-4H3. The van der Waals surface area contributed by atoms with Crippen LogP contribution in [0.2, 0.25) is 0 Å². The Kier molecular flexibility index (Phi) is 5.72. The lowest BCUT2D eigenvalue weighted by Gasteiger charge is -2.18. The van der Waals surface area contributed by atoms with Crippen molar-refractivity contribution in [2.45, 2.75) is 39.7 Å². The van der Waals surface area contributed by atoms with E-state index in [1.54, 1.807) is 0 Å². The van der Waals surface area contributed by atoms with E-state index < -0.39 is 0 Å². The van der Waals surface area contributed by atoms with Crippen molar-refractivity contribution >= 4 is 32.8 Å². The van der Waals surface area contributed by atoms with Crippen LogP contribution in [0.3, 0.4) is 0 Å². The van der Waals surface area contributed by atoms with Crippen molar-refractivity contribution in [3.63, 3.8) is 0 Å². The maximum absolute atomic E-state index is 5.28. The summed E-state index contributed by atoms with van der Waals surface area (Å²) in [6.45, 7) is 10.1. The minimum Gasteiger partial charge on any atom is -0.341 e. The number of H-pyrrole nitrogens is 1. The number of hydrogen-bond donors (Lipinski definition) is 1. The molecule has 0 aliphatic heterocycles. The molecule has 29 heavy (non-hydrogen) atoms. The molecule has 4 aromatic rings. The summed E-state index contributed by atoms with van der Waals surface area (Å²) in [4.78, 5) is 11.4. The quantitative estimate of drug-likeness (QED) is 0.463. The Morgan fingerprint density at radius 1 is 1.00 bits per heavy atom. The number of rotatable bonds is 7. The highest BCUT2D eigenvalue weighted by Gasteiger charge is 2.13. The van der Waals surface area contributed by atoms with Crippen molar-refractivity contribution < 1.29 is 0 Å². The van der Waals surface area contributed by atoms with Crippen LogP contribution in [0.15, 0.2) is 53.5 Å². The molecule has 1 atom stereocenters. The minimum atomic E-state index is 0.290. The highest BCUT2D eigenvalue weighted by atomic mass is 15.1. The summed E-state index contributed by atoms with van der Waals surface area (Å²) in [6, 6.07) is 17.5. The zero-order valence-corrected chi connectivity index (χ0v) is 18.1. The van der Waals surface area contributed by atoms with Gasteiger partial charge in [-0.05, 0) is 51.5 Å². The predicted octanol–water partition coefficient (Wildman–Crippen LogP) is 5.22. The zero-order chi connectivity index (χ0) is 20.4. The first-order chi connectivity index (χ1) is 14.1. The van der Waals surface area contributed by atoms with E-state index in [1.807, 2.05) is 0 Å². The van der Waals surface area contributed by atoms with Gasteiger partial charge in [0, 0.05) is 29.4 Å². The molecule has 4 nitrogen and oxygen atoms in total. The molecule has 0 amide bonds. The molecule has 1 N–H and O–H groups in total. The van der Waals surface area contributed by atoms with Crippen molar-refractivity contribution in [2.24, 2.45) is 12.0 Å². The molecule has 2 heterocycles. The number of aromatic nitrogens is 2. The van der Waals surface area contributed by atoms with Crippen LogP contribution in [0.25, 0.3) is 32.8 Å². The Bertz CT molecular complexity index is 1190. The second-order valence-corrected chi connectivity index (χ2v) is 7.97. The minimum absolute atomic E-state index is 0.290. The lowest BCUT2D eigenvalue weighted by molar-refractivity contribution is 0.294. The average Bonchev–Trinajstić information content (AvgIpc) is 3.14. The molecule has 0 fully saturated rings. The summed E-state index contributed by atoms with van der Waals surface area (Å²) < 4.78 is 2.26. The SMILES string of the molecule is CCN(CC)CCCC(C)N=c1c2ccccc2n(C)c2[nH]c3ccccc3c12. The van der Waals surface area contributed by atoms with Crippen LogP contribution in [0.5, 0.6) is 0 Å². The van der Waals surface area contributed by atoms with E-state index in [0.717, 1.165) is 37.1 Å².